The van der Waals surface area contributed by atoms with Crippen molar-refractivity contribution in [2.45, 2.75) is 37.4 Å². The minimum atomic E-state index is -4.43. The van der Waals surface area contributed by atoms with Gasteiger partial charge in [0.15, 0.2) is 0 Å². The van der Waals surface area contributed by atoms with Gasteiger partial charge in [0.2, 0.25) is 0 Å². The number of nitrogens with two attached hydrogens (primary N) is 1. The molecule has 0 aromatic heterocycles. The van der Waals surface area contributed by atoms with Crippen LogP contribution in [0.3, 0.4) is 0 Å². The Balaban J connectivity index is 0.00000196. The molecule has 1 aliphatic carbocycles. The van der Waals surface area contributed by atoms with Gasteiger partial charge >= 0.3 is 12.1 Å². The van der Waals surface area contributed by atoms with E-state index in [4.69, 9.17) is 10.8 Å². The Hall–Kier alpha value is -0.490. The smallest absolute Gasteiger partial charge is 0.406 e. The third kappa shape index (κ3) is 2.98. The van der Waals surface area contributed by atoms with E-state index < -0.39 is 23.6 Å². The first-order valence-electron chi connectivity index (χ1n) is 4.35. The zero-order valence-electron chi connectivity index (χ0n) is 7.88. The fourth-order valence-electron chi connectivity index (χ4n) is 1.66. The van der Waals surface area contributed by atoms with Gasteiger partial charge in [-0.25, -0.2) is 0 Å². The zero-order valence-corrected chi connectivity index (χ0v) is 8.70. The molecule has 3 N–H and O–H groups in total. The van der Waals surface area contributed by atoms with Gasteiger partial charge in [-0.2, -0.15) is 13.2 Å². The highest BCUT2D eigenvalue weighted by Crippen LogP contribution is 2.41. The first-order chi connectivity index (χ1) is 6.26. The molecule has 0 saturated heterocycles. The van der Waals surface area contributed by atoms with E-state index in [1.807, 2.05) is 0 Å². The standard InChI is InChI=1S/C8H12F3NO2.ClH/c9-8(10,11)7(12)3-1-5(2-4-7)6(13)14;/h5H,1-4,12H2,(H,13,14);1H. The van der Waals surface area contributed by atoms with Gasteiger partial charge in [0.1, 0.15) is 5.54 Å². The molecule has 1 saturated carbocycles. The predicted molar refractivity (Wildman–Crippen MR) is 49.8 cm³/mol. The van der Waals surface area contributed by atoms with E-state index in [2.05, 4.69) is 0 Å². The molecule has 0 aliphatic heterocycles. The summed E-state index contributed by atoms with van der Waals surface area (Å²) in [5.74, 6) is -1.71. The molecule has 3 nitrogen and oxygen atoms in total. The van der Waals surface area contributed by atoms with Crippen molar-refractivity contribution in [3.8, 4) is 0 Å². The summed E-state index contributed by atoms with van der Waals surface area (Å²) in [4.78, 5) is 10.5. The maximum Gasteiger partial charge on any atom is 0.406 e. The normalized spacial score (nSPS) is 31.9. The van der Waals surface area contributed by atoms with Crippen LogP contribution in [0.4, 0.5) is 13.2 Å². The molecule has 0 atom stereocenters. The largest absolute Gasteiger partial charge is 0.481 e. The first kappa shape index (κ1) is 14.5. The molecule has 0 spiro atoms. The van der Waals surface area contributed by atoms with Crippen LogP contribution in [-0.2, 0) is 4.79 Å². The third-order valence-electron chi connectivity index (χ3n) is 2.79. The first-order valence-corrected chi connectivity index (χ1v) is 4.35. The molecule has 7 heteroatoms. The summed E-state index contributed by atoms with van der Waals surface area (Å²) >= 11 is 0. The number of halogens is 4. The van der Waals surface area contributed by atoms with Crippen LogP contribution < -0.4 is 5.73 Å². The van der Waals surface area contributed by atoms with Gasteiger partial charge in [-0.1, -0.05) is 0 Å². The average Bonchev–Trinajstić information content (AvgIpc) is 2.03. The summed E-state index contributed by atoms with van der Waals surface area (Å²) in [7, 11) is 0. The average molecular weight is 248 g/mol. The lowest BCUT2D eigenvalue weighted by atomic mass is 9.77. The van der Waals surface area contributed by atoms with Gasteiger partial charge in [-0.3, -0.25) is 4.79 Å². The number of hydrogen-bond donors (Lipinski definition) is 2. The van der Waals surface area contributed by atoms with Gasteiger partial charge in [0.25, 0.3) is 0 Å². The summed E-state index contributed by atoms with van der Waals surface area (Å²) in [5, 5.41) is 8.59. The molecule has 0 aromatic rings. The van der Waals surface area contributed by atoms with Crippen molar-refractivity contribution >= 4 is 18.4 Å². The van der Waals surface area contributed by atoms with Crippen molar-refractivity contribution in [1.82, 2.24) is 0 Å². The second-order valence-electron chi connectivity index (χ2n) is 3.77. The molecule has 0 heterocycles. The third-order valence-corrected chi connectivity index (χ3v) is 2.79. The molecule has 15 heavy (non-hydrogen) atoms. The van der Waals surface area contributed by atoms with Gasteiger partial charge in [0.05, 0.1) is 5.92 Å². The number of carboxylic acid groups (broad SMARTS) is 1. The Morgan fingerprint density at radius 1 is 1.33 bits per heavy atom. The molecular formula is C8H13ClF3NO2. The Morgan fingerprint density at radius 2 is 1.73 bits per heavy atom. The van der Waals surface area contributed by atoms with E-state index >= 15 is 0 Å². The van der Waals surface area contributed by atoms with Crippen LogP contribution in [0.1, 0.15) is 25.7 Å². The zero-order chi connectivity index (χ0) is 11.0. The van der Waals surface area contributed by atoms with Crippen molar-refractivity contribution in [1.29, 1.82) is 0 Å². The molecule has 0 radical (unpaired) electrons. The minimum absolute atomic E-state index is 0. The number of carbonyl (C=O) groups is 1. The topological polar surface area (TPSA) is 63.3 Å². The summed E-state index contributed by atoms with van der Waals surface area (Å²) in [6, 6.07) is 0. The second-order valence-corrected chi connectivity index (χ2v) is 3.77. The van der Waals surface area contributed by atoms with Gasteiger partial charge in [0, 0.05) is 0 Å². The van der Waals surface area contributed by atoms with Crippen molar-refractivity contribution in [2.75, 3.05) is 0 Å². The molecule has 90 valence electrons. The van der Waals surface area contributed by atoms with Crippen molar-refractivity contribution in [3.63, 3.8) is 0 Å². The SMILES string of the molecule is Cl.NC1(C(F)(F)F)CCC(C(=O)O)CC1. The van der Waals surface area contributed by atoms with E-state index in [1.165, 1.54) is 0 Å². The summed E-state index contributed by atoms with van der Waals surface area (Å²) in [6.45, 7) is 0. The number of alkyl halides is 3. The van der Waals surface area contributed by atoms with E-state index in [1.54, 1.807) is 0 Å². The van der Waals surface area contributed by atoms with E-state index in [0.717, 1.165) is 0 Å². The maximum atomic E-state index is 12.4. The maximum absolute atomic E-state index is 12.4. The Bertz CT molecular complexity index is 237. The molecule has 1 aliphatic rings. The van der Waals surface area contributed by atoms with Crippen LogP contribution >= 0.6 is 12.4 Å². The van der Waals surface area contributed by atoms with Crippen LogP contribution in [0.2, 0.25) is 0 Å². The molecule has 1 rings (SSSR count). The molecular weight excluding hydrogens is 235 g/mol. The summed E-state index contributed by atoms with van der Waals surface area (Å²) in [5.41, 5.74) is 3.00. The van der Waals surface area contributed by atoms with Gasteiger partial charge in [-0.05, 0) is 25.7 Å². The minimum Gasteiger partial charge on any atom is -0.481 e. The van der Waals surface area contributed by atoms with Crippen molar-refractivity contribution in [3.05, 3.63) is 0 Å². The van der Waals surface area contributed by atoms with Crippen molar-refractivity contribution in [2.24, 2.45) is 11.7 Å². The summed E-state index contributed by atoms with van der Waals surface area (Å²) < 4.78 is 37.1. The van der Waals surface area contributed by atoms with Gasteiger partial charge in [-0.15, -0.1) is 12.4 Å². The molecule has 1 fully saturated rings. The highest BCUT2D eigenvalue weighted by molar-refractivity contribution is 5.85. The highest BCUT2D eigenvalue weighted by Gasteiger charge is 2.53. The second kappa shape index (κ2) is 4.57. The van der Waals surface area contributed by atoms with Crippen LogP contribution in [0.5, 0.6) is 0 Å². The lowest BCUT2D eigenvalue weighted by Crippen LogP contribution is -2.55. The number of rotatable bonds is 1. The van der Waals surface area contributed by atoms with Crippen LogP contribution in [-0.4, -0.2) is 22.8 Å². The van der Waals surface area contributed by atoms with Crippen LogP contribution in [0.15, 0.2) is 0 Å². The molecule has 0 amide bonds. The summed E-state index contributed by atoms with van der Waals surface area (Å²) in [6.07, 6.45) is -5.02. The predicted octanol–water partition coefficient (Wildman–Crippen LogP) is 1.94. The van der Waals surface area contributed by atoms with E-state index in [-0.39, 0.29) is 38.1 Å². The lowest BCUT2D eigenvalue weighted by Gasteiger charge is -2.37. The molecule has 0 bridgehead atoms. The Kier molecular flexibility index (Phi) is 4.42. The van der Waals surface area contributed by atoms with E-state index in [0.29, 0.717) is 0 Å². The molecule has 0 unspecified atom stereocenters. The van der Waals surface area contributed by atoms with E-state index in [9.17, 15) is 18.0 Å². The number of hydrogen-bond acceptors (Lipinski definition) is 2. The Labute approximate surface area is 91.2 Å². The molecule has 0 aromatic carbocycles. The van der Waals surface area contributed by atoms with Crippen LogP contribution in [0, 0.1) is 5.92 Å². The number of carboxylic acids is 1. The lowest BCUT2D eigenvalue weighted by molar-refractivity contribution is -0.197. The highest BCUT2D eigenvalue weighted by atomic mass is 35.5. The Morgan fingerprint density at radius 3 is 2.00 bits per heavy atom. The fraction of sp³-hybridized carbons (Fsp3) is 0.875. The monoisotopic (exact) mass is 247 g/mol. The quantitative estimate of drug-likeness (QED) is 0.744. The van der Waals surface area contributed by atoms with Gasteiger partial charge < -0.3 is 10.8 Å². The van der Waals surface area contributed by atoms with Crippen molar-refractivity contribution < 1.29 is 23.1 Å². The number of aliphatic carboxylic acids is 1. The van der Waals surface area contributed by atoms with Crippen LogP contribution in [0.25, 0.3) is 0 Å². The fourth-order valence-corrected chi connectivity index (χ4v) is 1.66.